The summed E-state index contributed by atoms with van der Waals surface area (Å²) in [6, 6.07) is 3.18. The van der Waals surface area contributed by atoms with Crippen molar-refractivity contribution in [2.24, 2.45) is 10.7 Å². The molecule has 2 aromatic heterocycles. The molecule has 3 amide bonds. The fourth-order valence-electron chi connectivity index (χ4n) is 3.46. The number of nitrogens with zero attached hydrogens (tertiary/aromatic N) is 3. The van der Waals surface area contributed by atoms with E-state index in [2.05, 4.69) is 15.3 Å². The number of thiazole rings is 1. The number of hydrogen-bond donors (Lipinski definition) is 2. The highest BCUT2D eigenvalue weighted by Crippen LogP contribution is 2.29. The minimum absolute atomic E-state index is 0.0888. The summed E-state index contributed by atoms with van der Waals surface area (Å²) in [5.41, 5.74) is 6.33. The first-order chi connectivity index (χ1) is 17.4. The Labute approximate surface area is 218 Å². The fraction of sp³-hybridized carbons (Fsp3) is 0.400. The molecule has 3 N–H and O–H groups in total. The monoisotopic (exact) mass is 529 g/mol. The normalized spacial score (nSPS) is 12.3. The van der Waals surface area contributed by atoms with E-state index >= 15 is 0 Å². The number of aromatic nitrogens is 2. The maximum absolute atomic E-state index is 13.0. The van der Waals surface area contributed by atoms with Crippen molar-refractivity contribution in [1.29, 1.82) is 0 Å². The summed E-state index contributed by atoms with van der Waals surface area (Å²) in [5, 5.41) is 2.65. The maximum Gasteiger partial charge on any atom is 0.407 e. The van der Waals surface area contributed by atoms with Gasteiger partial charge in [-0.1, -0.05) is 30.4 Å². The van der Waals surface area contributed by atoms with Crippen molar-refractivity contribution in [2.75, 3.05) is 13.7 Å². The second-order valence-electron chi connectivity index (χ2n) is 9.02. The molecule has 0 unspecified atom stereocenters. The van der Waals surface area contributed by atoms with Gasteiger partial charge >= 0.3 is 12.0 Å². The van der Waals surface area contributed by atoms with Crippen LogP contribution in [0.25, 0.3) is 10.2 Å². The number of ether oxygens (including phenoxy) is 2. The van der Waals surface area contributed by atoms with Crippen molar-refractivity contribution in [1.82, 2.24) is 14.9 Å². The minimum Gasteiger partial charge on any atom is -0.494 e. The molecule has 0 spiro atoms. The summed E-state index contributed by atoms with van der Waals surface area (Å²) in [6.45, 7) is 9.43. The lowest BCUT2D eigenvalue weighted by Crippen LogP contribution is -2.32. The lowest BCUT2D eigenvalue weighted by Gasteiger charge is -2.19. The number of alkyl carbamates (subject to hydrolysis) is 1. The number of methoxy groups -OCH3 is 1. The molecule has 12 heteroatoms. The number of fused-ring (bicyclic) bond motifs is 1. The number of primary amides is 1. The van der Waals surface area contributed by atoms with Crippen LogP contribution in [-0.2, 0) is 17.7 Å². The largest absolute Gasteiger partial charge is 0.494 e. The second kappa shape index (κ2) is 11.4. The van der Waals surface area contributed by atoms with Crippen molar-refractivity contribution < 1.29 is 28.3 Å². The topological polar surface area (TPSA) is 151 Å². The smallest absolute Gasteiger partial charge is 0.407 e. The van der Waals surface area contributed by atoms with Gasteiger partial charge in [0.2, 0.25) is 11.7 Å². The number of aryl methyl sites for hydroxylation is 2. The zero-order valence-corrected chi connectivity index (χ0v) is 22.5. The van der Waals surface area contributed by atoms with Gasteiger partial charge in [-0.05, 0) is 39.3 Å². The molecule has 0 saturated carbocycles. The van der Waals surface area contributed by atoms with E-state index in [1.165, 1.54) is 18.4 Å². The molecule has 3 rings (SSSR count). The number of allylic oxidation sites excluding steroid dienone is 1. The van der Waals surface area contributed by atoms with E-state index < -0.39 is 23.5 Å². The van der Waals surface area contributed by atoms with Crippen LogP contribution in [0.1, 0.15) is 60.2 Å². The number of benzene rings is 1. The summed E-state index contributed by atoms with van der Waals surface area (Å²) in [5.74, 6) is -0.296. The Morgan fingerprint density at radius 2 is 2.00 bits per heavy atom. The SMILES string of the molecule is CCc1nc(C)oc1C(=O)N=c1sc2cc(C(N)=O)cc(OC)c2n1C/C=C/CNC(=O)OC(C)(C)C. The number of nitrogens with one attached hydrogen (secondary N) is 1. The lowest BCUT2D eigenvalue weighted by atomic mass is 10.2. The van der Waals surface area contributed by atoms with Crippen LogP contribution >= 0.6 is 11.3 Å². The van der Waals surface area contributed by atoms with Gasteiger partial charge in [-0.25, -0.2) is 9.78 Å². The number of nitrogens with two attached hydrogens (primary N) is 1. The predicted molar refractivity (Wildman–Crippen MR) is 139 cm³/mol. The molecule has 37 heavy (non-hydrogen) atoms. The first kappa shape index (κ1) is 27.7. The van der Waals surface area contributed by atoms with E-state index in [0.29, 0.717) is 45.3 Å². The van der Waals surface area contributed by atoms with E-state index in [0.717, 1.165) is 0 Å². The Bertz CT molecular complexity index is 1420. The highest BCUT2D eigenvalue weighted by Gasteiger charge is 2.20. The molecular weight excluding hydrogens is 498 g/mol. The van der Waals surface area contributed by atoms with Gasteiger partial charge in [0.25, 0.3) is 0 Å². The van der Waals surface area contributed by atoms with Crippen LogP contribution in [0.3, 0.4) is 0 Å². The minimum atomic E-state index is -0.604. The molecule has 11 nitrogen and oxygen atoms in total. The van der Waals surface area contributed by atoms with Crippen molar-refractivity contribution in [3.8, 4) is 5.75 Å². The third kappa shape index (κ3) is 6.85. The summed E-state index contributed by atoms with van der Waals surface area (Å²) < 4.78 is 18.7. The van der Waals surface area contributed by atoms with Crippen molar-refractivity contribution in [3.05, 3.63) is 52.0 Å². The van der Waals surface area contributed by atoms with Gasteiger partial charge in [0.1, 0.15) is 16.9 Å². The van der Waals surface area contributed by atoms with Crippen LogP contribution < -0.4 is 20.6 Å². The Morgan fingerprint density at radius 3 is 2.62 bits per heavy atom. The third-order valence-electron chi connectivity index (χ3n) is 4.99. The number of carbonyl (C=O) groups is 3. The second-order valence-corrected chi connectivity index (χ2v) is 10.0. The number of oxazole rings is 1. The highest BCUT2D eigenvalue weighted by molar-refractivity contribution is 7.16. The van der Waals surface area contributed by atoms with Crippen LogP contribution in [0.5, 0.6) is 5.75 Å². The molecular formula is C25H31N5O6S. The highest BCUT2D eigenvalue weighted by atomic mass is 32.1. The number of carbonyl (C=O) groups excluding carboxylic acids is 3. The van der Waals surface area contributed by atoms with Gasteiger partial charge in [-0.15, -0.1) is 0 Å². The van der Waals surface area contributed by atoms with Crippen LogP contribution in [-0.4, -0.2) is 46.7 Å². The van der Waals surface area contributed by atoms with Gasteiger partial charge in [0, 0.05) is 25.6 Å². The van der Waals surface area contributed by atoms with Crippen LogP contribution in [0.2, 0.25) is 0 Å². The quantitative estimate of drug-likeness (QED) is 0.424. The summed E-state index contributed by atoms with van der Waals surface area (Å²) >= 11 is 1.21. The molecule has 0 aliphatic rings. The van der Waals surface area contributed by atoms with E-state index in [1.807, 2.05) is 13.0 Å². The zero-order chi connectivity index (χ0) is 27.3. The number of rotatable bonds is 8. The van der Waals surface area contributed by atoms with Crippen LogP contribution in [0.15, 0.2) is 33.7 Å². The molecule has 0 atom stereocenters. The molecule has 0 radical (unpaired) electrons. The standard InChI is InChI=1S/C25H31N5O6S/c1-7-16-20(35-14(2)28-16)22(32)29-23-30(11-9-8-10-27-24(33)36-25(3,4)5)19-17(34-6)12-15(21(26)31)13-18(19)37-23/h8-9,12-13H,7,10-11H2,1-6H3,(H2,26,31)(H,27,33)/b9-8+,29-23?. The molecule has 1 aromatic carbocycles. The van der Waals surface area contributed by atoms with Gasteiger partial charge in [-0.2, -0.15) is 4.99 Å². The molecule has 2 heterocycles. The number of hydrogen-bond acceptors (Lipinski definition) is 8. The molecule has 0 saturated heterocycles. The van der Waals surface area contributed by atoms with Crippen molar-refractivity contribution in [3.63, 3.8) is 0 Å². The predicted octanol–water partition coefficient (Wildman–Crippen LogP) is 3.49. The fourth-order valence-corrected chi connectivity index (χ4v) is 4.55. The Morgan fingerprint density at radius 1 is 1.27 bits per heavy atom. The third-order valence-corrected chi connectivity index (χ3v) is 6.02. The van der Waals surface area contributed by atoms with E-state index in [9.17, 15) is 14.4 Å². The molecule has 3 aromatic rings. The molecule has 0 fully saturated rings. The van der Waals surface area contributed by atoms with Gasteiger partial charge < -0.3 is 29.5 Å². The van der Waals surface area contributed by atoms with Crippen molar-refractivity contribution >= 4 is 39.5 Å². The zero-order valence-electron chi connectivity index (χ0n) is 21.7. The first-order valence-electron chi connectivity index (χ1n) is 11.6. The van der Waals surface area contributed by atoms with Gasteiger partial charge in [-0.3, -0.25) is 9.59 Å². The number of amides is 3. The molecule has 198 valence electrons. The van der Waals surface area contributed by atoms with E-state index in [4.69, 9.17) is 19.6 Å². The Hall–Kier alpha value is -3.93. The summed E-state index contributed by atoms with van der Waals surface area (Å²) in [7, 11) is 1.48. The molecule has 0 bridgehead atoms. The van der Waals surface area contributed by atoms with Gasteiger partial charge in [0.05, 0.1) is 17.5 Å². The average molecular weight is 530 g/mol. The summed E-state index contributed by atoms with van der Waals surface area (Å²) in [4.78, 5) is 45.7. The van der Waals surface area contributed by atoms with Crippen LogP contribution in [0, 0.1) is 6.92 Å². The Balaban J connectivity index is 2.01. The maximum atomic E-state index is 13.0. The van der Waals surface area contributed by atoms with E-state index in [1.54, 1.807) is 50.5 Å². The molecule has 0 aliphatic carbocycles. The molecule has 0 aliphatic heterocycles. The summed E-state index contributed by atoms with van der Waals surface area (Å²) in [6.07, 6.45) is 3.56. The first-order valence-corrected chi connectivity index (χ1v) is 12.4. The van der Waals surface area contributed by atoms with Crippen LogP contribution in [0.4, 0.5) is 4.79 Å². The van der Waals surface area contributed by atoms with E-state index in [-0.39, 0.29) is 17.9 Å². The lowest BCUT2D eigenvalue weighted by molar-refractivity contribution is 0.0533. The van der Waals surface area contributed by atoms with Gasteiger partial charge in [0.15, 0.2) is 10.7 Å². The average Bonchev–Trinajstić information content (AvgIpc) is 3.36. The van der Waals surface area contributed by atoms with Crippen molar-refractivity contribution in [2.45, 2.75) is 53.2 Å². The Kier molecular flexibility index (Phi) is 8.53.